The van der Waals surface area contributed by atoms with Crippen molar-refractivity contribution in [3.63, 3.8) is 0 Å². The van der Waals surface area contributed by atoms with Crippen LogP contribution in [0.4, 0.5) is 5.88 Å². The molecule has 0 aliphatic rings. The molecule has 20 heavy (non-hydrogen) atoms. The number of methoxy groups -OCH3 is 1. The largest absolute Gasteiger partial charge is 0.501 e. The van der Waals surface area contributed by atoms with E-state index in [4.69, 9.17) is 9.15 Å². The van der Waals surface area contributed by atoms with Crippen molar-refractivity contribution < 1.29 is 9.15 Å². The van der Waals surface area contributed by atoms with E-state index in [1.165, 1.54) is 0 Å². The second kappa shape index (κ2) is 6.33. The summed E-state index contributed by atoms with van der Waals surface area (Å²) in [5.74, 6) is 2.60. The quantitative estimate of drug-likeness (QED) is 0.573. The number of allylic oxidation sites excluding steroid dienone is 2. The van der Waals surface area contributed by atoms with Crippen molar-refractivity contribution >= 4 is 22.7 Å². The highest BCUT2D eigenvalue weighted by Gasteiger charge is 2.13. The highest BCUT2D eigenvalue weighted by atomic mass is 16.5. The molecule has 106 valence electrons. The summed E-state index contributed by atoms with van der Waals surface area (Å²) in [5, 5.41) is 2.22. The fourth-order valence-corrected chi connectivity index (χ4v) is 2.16. The molecule has 0 saturated heterocycles. The van der Waals surface area contributed by atoms with Gasteiger partial charge in [-0.15, -0.1) is 6.58 Å². The molecule has 0 saturated carbocycles. The average molecular weight is 271 g/mol. The molecule has 0 radical (unpaired) electrons. The molecule has 3 nitrogen and oxygen atoms in total. The van der Waals surface area contributed by atoms with E-state index in [-0.39, 0.29) is 0 Å². The van der Waals surface area contributed by atoms with Crippen LogP contribution in [0.2, 0.25) is 0 Å². The number of nitrogens with zero attached hydrogens (tertiary/aromatic N) is 1. The standard InChI is InChI=1S/C17H21NO2/c1-5-6-9-13(19-4)12-16-14-10-7-8-11-15(14)17(20-16)18(2)3/h5,7-8,10-12H,1,6,9H2,2-4H3/b13-12-. The molecule has 0 aliphatic heterocycles. The second-order valence-corrected chi connectivity index (χ2v) is 4.85. The second-order valence-electron chi connectivity index (χ2n) is 4.85. The Labute approximate surface area is 120 Å². The van der Waals surface area contributed by atoms with Crippen molar-refractivity contribution in [2.24, 2.45) is 0 Å². The Morgan fingerprint density at radius 2 is 2.00 bits per heavy atom. The van der Waals surface area contributed by atoms with Gasteiger partial charge in [0, 0.05) is 37.4 Å². The molecule has 3 heteroatoms. The van der Waals surface area contributed by atoms with Crippen LogP contribution in [0.15, 0.2) is 47.1 Å². The number of fused-ring (bicyclic) bond motifs is 1. The first-order valence-electron chi connectivity index (χ1n) is 6.71. The molecular weight excluding hydrogens is 250 g/mol. The molecule has 0 spiro atoms. The minimum absolute atomic E-state index is 0.826. The van der Waals surface area contributed by atoms with Crippen molar-refractivity contribution in [1.82, 2.24) is 0 Å². The Kier molecular flexibility index (Phi) is 4.51. The van der Waals surface area contributed by atoms with Crippen molar-refractivity contribution in [2.45, 2.75) is 12.8 Å². The SMILES string of the molecule is C=CCC/C(=C/c1oc(N(C)C)c2ccccc12)OC. The van der Waals surface area contributed by atoms with Crippen LogP contribution >= 0.6 is 0 Å². The molecule has 1 aromatic heterocycles. The zero-order valence-electron chi connectivity index (χ0n) is 12.3. The summed E-state index contributed by atoms with van der Waals surface area (Å²) in [6, 6.07) is 8.18. The van der Waals surface area contributed by atoms with Gasteiger partial charge in [0.15, 0.2) is 0 Å². The van der Waals surface area contributed by atoms with Gasteiger partial charge in [-0.2, -0.15) is 0 Å². The molecule has 0 aliphatic carbocycles. The number of ether oxygens (including phenoxy) is 1. The molecule has 0 atom stereocenters. The topological polar surface area (TPSA) is 25.6 Å². The fraction of sp³-hybridized carbons (Fsp3) is 0.294. The van der Waals surface area contributed by atoms with E-state index in [9.17, 15) is 0 Å². The number of benzene rings is 1. The van der Waals surface area contributed by atoms with Crippen LogP contribution in [0.3, 0.4) is 0 Å². The third-order valence-corrected chi connectivity index (χ3v) is 3.18. The molecule has 0 bridgehead atoms. The lowest BCUT2D eigenvalue weighted by atomic mass is 10.1. The van der Waals surface area contributed by atoms with Crippen molar-refractivity contribution in [3.05, 3.63) is 48.4 Å². The van der Waals surface area contributed by atoms with Gasteiger partial charge in [0.1, 0.15) is 5.76 Å². The Morgan fingerprint density at radius 3 is 2.60 bits per heavy atom. The van der Waals surface area contributed by atoms with Crippen molar-refractivity contribution in [2.75, 3.05) is 26.1 Å². The lowest BCUT2D eigenvalue weighted by molar-refractivity contribution is 0.281. The first kappa shape index (κ1) is 14.3. The normalized spacial score (nSPS) is 11.7. The summed E-state index contributed by atoms with van der Waals surface area (Å²) in [4.78, 5) is 1.98. The molecule has 0 fully saturated rings. The van der Waals surface area contributed by atoms with Crippen LogP contribution < -0.4 is 4.90 Å². The fourth-order valence-electron chi connectivity index (χ4n) is 2.16. The monoisotopic (exact) mass is 271 g/mol. The van der Waals surface area contributed by atoms with Gasteiger partial charge in [0.2, 0.25) is 5.88 Å². The van der Waals surface area contributed by atoms with Gasteiger partial charge in [0.05, 0.1) is 12.9 Å². The van der Waals surface area contributed by atoms with Gasteiger partial charge in [-0.05, 0) is 12.5 Å². The number of furan rings is 1. The van der Waals surface area contributed by atoms with E-state index in [0.29, 0.717) is 0 Å². The summed E-state index contributed by atoms with van der Waals surface area (Å²) < 4.78 is 11.4. The van der Waals surface area contributed by atoms with Gasteiger partial charge in [-0.1, -0.05) is 24.3 Å². The molecule has 0 N–H and O–H groups in total. The zero-order valence-corrected chi connectivity index (χ0v) is 12.3. The van der Waals surface area contributed by atoms with Gasteiger partial charge in [-0.25, -0.2) is 0 Å². The molecule has 2 aromatic rings. The molecule has 1 heterocycles. The smallest absolute Gasteiger partial charge is 0.203 e. The van der Waals surface area contributed by atoms with Crippen LogP contribution in [0, 0.1) is 0 Å². The zero-order chi connectivity index (χ0) is 14.5. The molecule has 1 aromatic carbocycles. The third kappa shape index (κ3) is 2.87. The van der Waals surface area contributed by atoms with Gasteiger partial charge in [0.25, 0.3) is 0 Å². The maximum atomic E-state index is 5.98. The van der Waals surface area contributed by atoms with Gasteiger partial charge >= 0.3 is 0 Å². The maximum absolute atomic E-state index is 5.98. The average Bonchev–Trinajstić information content (AvgIpc) is 2.82. The minimum Gasteiger partial charge on any atom is -0.501 e. The summed E-state index contributed by atoms with van der Waals surface area (Å²) >= 11 is 0. The molecule has 2 rings (SSSR count). The number of hydrogen-bond donors (Lipinski definition) is 0. The van der Waals surface area contributed by atoms with Crippen LogP contribution in [0.1, 0.15) is 18.6 Å². The van der Waals surface area contributed by atoms with E-state index in [0.717, 1.165) is 41.0 Å². The highest BCUT2D eigenvalue weighted by Crippen LogP contribution is 2.33. The number of rotatable bonds is 6. The Hall–Kier alpha value is -2.16. The molecule has 0 unspecified atom stereocenters. The van der Waals surface area contributed by atoms with Crippen LogP contribution in [0.5, 0.6) is 0 Å². The summed E-state index contributed by atoms with van der Waals surface area (Å²) in [6.45, 7) is 3.74. The van der Waals surface area contributed by atoms with Crippen LogP contribution in [0.25, 0.3) is 16.8 Å². The van der Waals surface area contributed by atoms with Gasteiger partial charge in [-0.3, -0.25) is 0 Å². The lowest BCUT2D eigenvalue weighted by Crippen LogP contribution is -2.07. The first-order chi connectivity index (χ1) is 9.67. The lowest BCUT2D eigenvalue weighted by Gasteiger charge is -2.07. The molecular formula is C17H21NO2. The van der Waals surface area contributed by atoms with Crippen LogP contribution in [-0.2, 0) is 4.74 Å². The highest BCUT2D eigenvalue weighted by molar-refractivity contribution is 5.97. The van der Waals surface area contributed by atoms with Gasteiger partial charge < -0.3 is 14.1 Å². The Morgan fingerprint density at radius 1 is 1.30 bits per heavy atom. The van der Waals surface area contributed by atoms with E-state index >= 15 is 0 Å². The summed E-state index contributed by atoms with van der Waals surface area (Å²) in [6.07, 6.45) is 5.57. The predicted molar refractivity (Wildman–Crippen MR) is 85.0 cm³/mol. The minimum atomic E-state index is 0.826. The summed E-state index contributed by atoms with van der Waals surface area (Å²) in [7, 11) is 5.65. The van der Waals surface area contributed by atoms with Crippen molar-refractivity contribution in [1.29, 1.82) is 0 Å². The Balaban J connectivity index is 2.48. The van der Waals surface area contributed by atoms with Crippen LogP contribution in [-0.4, -0.2) is 21.2 Å². The summed E-state index contributed by atoms with van der Waals surface area (Å²) in [5.41, 5.74) is 0. The Bertz CT molecular complexity index is 623. The van der Waals surface area contributed by atoms with E-state index in [1.54, 1.807) is 7.11 Å². The van der Waals surface area contributed by atoms with E-state index in [1.807, 2.05) is 43.3 Å². The van der Waals surface area contributed by atoms with E-state index < -0.39 is 0 Å². The number of anilines is 1. The third-order valence-electron chi connectivity index (χ3n) is 3.18. The van der Waals surface area contributed by atoms with E-state index in [2.05, 4.69) is 18.7 Å². The first-order valence-corrected chi connectivity index (χ1v) is 6.71. The van der Waals surface area contributed by atoms with Crippen molar-refractivity contribution in [3.8, 4) is 0 Å². The maximum Gasteiger partial charge on any atom is 0.203 e. The number of hydrogen-bond acceptors (Lipinski definition) is 3. The molecule has 0 amide bonds. The predicted octanol–water partition coefficient (Wildman–Crippen LogP) is 4.45.